The van der Waals surface area contributed by atoms with Crippen molar-refractivity contribution >= 4 is 29.1 Å². The molecule has 1 aliphatic rings. The Morgan fingerprint density at radius 2 is 1.65 bits per heavy atom. The Balaban J connectivity index is 2.10. The first-order valence-electron chi connectivity index (χ1n) is 6.67. The first-order valence-corrected chi connectivity index (χ1v) is 7.05. The summed E-state index contributed by atoms with van der Waals surface area (Å²) >= 11 is 5.79. The fourth-order valence-electron chi connectivity index (χ4n) is 2.32. The SMILES string of the molecule is O=C1OC(c2ccc(F)cc2)/C(=C(\O)c2ccc(Cl)cc2)C1=O. The number of carbonyl (C=O) groups excluding carboxylic acids is 2. The second-order valence-corrected chi connectivity index (χ2v) is 5.37. The molecule has 1 heterocycles. The van der Waals surface area contributed by atoms with E-state index in [0.29, 0.717) is 16.1 Å². The van der Waals surface area contributed by atoms with Crippen LogP contribution in [0.3, 0.4) is 0 Å². The number of aliphatic hydroxyl groups is 1. The van der Waals surface area contributed by atoms with E-state index in [1.807, 2.05) is 0 Å². The van der Waals surface area contributed by atoms with Gasteiger partial charge in [-0.05, 0) is 42.0 Å². The molecule has 1 aliphatic heterocycles. The number of Topliss-reactive ketones (excluding diaryl/α,β-unsaturated/α-hetero) is 1. The predicted octanol–water partition coefficient (Wildman–Crippen LogP) is 3.62. The summed E-state index contributed by atoms with van der Waals surface area (Å²) in [4.78, 5) is 23.7. The lowest BCUT2D eigenvalue weighted by Gasteiger charge is -2.12. The van der Waals surface area contributed by atoms with Crippen LogP contribution in [0, 0.1) is 5.82 Å². The quantitative estimate of drug-likeness (QED) is 0.395. The lowest BCUT2D eigenvalue weighted by molar-refractivity contribution is -0.149. The minimum Gasteiger partial charge on any atom is -0.507 e. The molecule has 0 radical (unpaired) electrons. The van der Waals surface area contributed by atoms with Crippen molar-refractivity contribution in [2.45, 2.75) is 6.10 Å². The second-order valence-electron chi connectivity index (χ2n) is 4.94. The molecule has 6 heteroatoms. The number of halogens is 2. The fraction of sp³-hybridized carbons (Fsp3) is 0.0588. The molecule has 0 saturated carbocycles. The Bertz CT molecular complexity index is 809. The Kier molecular flexibility index (Phi) is 3.88. The molecule has 2 aromatic carbocycles. The molecule has 0 spiro atoms. The molecule has 1 unspecified atom stereocenters. The van der Waals surface area contributed by atoms with Crippen LogP contribution < -0.4 is 0 Å². The largest absolute Gasteiger partial charge is 0.507 e. The molecule has 1 atom stereocenters. The maximum Gasteiger partial charge on any atom is 0.380 e. The molecule has 1 saturated heterocycles. The van der Waals surface area contributed by atoms with Gasteiger partial charge in [-0.1, -0.05) is 23.7 Å². The van der Waals surface area contributed by atoms with Crippen LogP contribution in [0.15, 0.2) is 54.1 Å². The van der Waals surface area contributed by atoms with Crippen LogP contribution in [0.1, 0.15) is 17.2 Å². The predicted molar refractivity (Wildman–Crippen MR) is 81.2 cm³/mol. The Morgan fingerprint density at radius 1 is 1.04 bits per heavy atom. The van der Waals surface area contributed by atoms with Gasteiger partial charge < -0.3 is 9.84 Å². The van der Waals surface area contributed by atoms with Crippen molar-refractivity contribution in [1.82, 2.24) is 0 Å². The van der Waals surface area contributed by atoms with E-state index in [1.165, 1.54) is 36.4 Å². The van der Waals surface area contributed by atoms with E-state index in [4.69, 9.17) is 16.3 Å². The van der Waals surface area contributed by atoms with E-state index < -0.39 is 23.7 Å². The van der Waals surface area contributed by atoms with E-state index in [0.717, 1.165) is 0 Å². The lowest BCUT2D eigenvalue weighted by Crippen LogP contribution is -2.08. The highest BCUT2D eigenvalue weighted by Gasteiger charge is 2.42. The molecule has 0 aromatic heterocycles. The minimum atomic E-state index is -1.08. The maximum absolute atomic E-state index is 13.0. The number of esters is 1. The van der Waals surface area contributed by atoms with Gasteiger partial charge in [0.2, 0.25) is 0 Å². The number of hydrogen-bond acceptors (Lipinski definition) is 4. The van der Waals surface area contributed by atoms with Crippen LogP contribution in [-0.2, 0) is 14.3 Å². The van der Waals surface area contributed by atoms with Crippen molar-refractivity contribution in [2.75, 3.05) is 0 Å². The molecule has 2 aromatic rings. The van der Waals surface area contributed by atoms with Gasteiger partial charge in [-0.2, -0.15) is 0 Å². The van der Waals surface area contributed by atoms with Gasteiger partial charge in [-0.3, -0.25) is 4.79 Å². The van der Waals surface area contributed by atoms with Gasteiger partial charge in [-0.15, -0.1) is 0 Å². The summed E-state index contributed by atoms with van der Waals surface area (Å²) in [5.41, 5.74) is 0.535. The number of carbonyl (C=O) groups is 2. The van der Waals surface area contributed by atoms with Gasteiger partial charge in [0.25, 0.3) is 5.78 Å². The Labute approximate surface area is 135 Å². The molecule has 23 heavy (non-hydrogen) atoms. The monoisotopic (exact) mass is 332 g/mol. The van der Waals surface area contributed by atoms with Crippen molar-refractivity contribution < 1.29 is 23.8 Å². The van der Waals surface area contributed by atoms with Gasteiger partial charge in [-0.25, -0.2) is 9.18 Å². The Hall–Kier alpha value is -2.66. The molecule has 1 fully saturated rings. The summed E-state index contributed by atoms with van der Waals surface area (Å²) in [5.74, 6) is -2.81. The van der Waals surface area contributed by atoms with Gasteiger partial charge in [0.15, 0.2) is 6.10 Å². The minimum absolute atomic E-state index is 0.177. The van der Waals surface area contributed by atoms with Gasteiger partial charge in [0, 0.05) is 10.6 Å². The Morgan fingerprint density at radius 3 is 2.26 bits per heavy atom. The molecule has 0 bridgehead atoms. The first-order chi connectivity index (χ1) is 11.0. The molecule has 116 valence electrons. The molecular formula is C17H10ClFO4. The molecule has 0 aliphatic carbocycles. The first kappa shape index (κ1) is 15.2. The van der Waals surface area contributed by atoms with Crippen LogP contribution in [0.5, 0.6) is 0 Å². The number of rotatable bonds is 2. The number of ether oxygens (including phenoxy) is 1. The van der Waals surface area contributed by atoms with Crippen LogP contribution in [0.25, 0.3) is 5.76 Å². The average Bonchev–Trinajstić information content (AvgIpc) is 2.84. The third kappa shape index (κ3) is 2.83. The maximum atomic E-state index is 13.0. The standard InChI is InChI=1S/C17H10ClFO4/c18-11-5-1-9(2-6-11)14(20)13-15(21)17(22)23-16(13)10-3-7-12(19)8-4-10/h1-8,16,20H/b14-13-. The number of hydrogen-bond donors (Lipinski definition) is 1. The van der Waals surface area contributed by atoms with Crippen LogP contribution in [0.4, 0.5) is 4.39 Å². The highest BCUT2D eigenvalue weighted by molar-refractivity contribution is 6.44. The smallest absolute Gasteiger partial charge is 0.380 e. The third-order valence-corrected chi connectivity index (χ3v) is 3.71. The number of aliphatic hydroxyl groups excluding tert-OH is 1. The van der Waals surface area contributed by atoms with E-state index in [-0.39, 0.29) is 11.3 Å². The summed E-state index contributed by atoms with van der Waals surface area (Å²) in [5, 5.41) is 10.9. The fourth-order valence-corrected chi connectivity index (χ4v) is 2.44. The molecule has 0 amide bonds. The topological polar surface area (TPSA) is 63.6 Å². The van der Waals surface area contributed by atoms with Crippen molar-refractivity contribution in [2.24, 2.45) is 0 Å². The number of benzene rings is 2. The van der Waals surface area contributed by atoms with E-state index in [9.17, 15) is 19.1 Å². The van der Waals surface area contributed by atoms with Crippen molar-refractivity contribution in [3.05, 3.63) is 76.1 Å². The van der Waals surface area contributed by atoms with Crippen LogP contribution in [0.2, 0.25) is 5.02 Å². The normalized spacial score (nSPS) is 19.7. The summed E-state index contributed by atoms with van der Waals surface area (Å²) in [7, 11) is 0. The molecule has 3 rings (SSSR count). The van der Waals surface area contributed by atoms with Gasteiger partial charge >= 0.3 is 5.97 Å². The van der Waals surface area contributed by atoms with Crippen LogP contribution in [-0.4, -0.2) is 16.9 Å². The third-order valence-electron chi connectivity index (χ3n) is 3.46. The van der Waals surface area contributed by atoms with Crippen molar-refractivity contribution in [1.29, 1.82) is 0 Å². The summed E-state index contributed by atoms with van der Waals surface area (Å²) in [6, 6.07) is 11.3. The number of ketones is 1. The molecule has 4 nitrogen and oxygen atoms in total. The zero-order valence-corrected chi connectivity index (χ0v) is 12.4. The van der Waals surface area contributed by atoms with E-state index in [1.54, 1.807) is 12.1 Å². The zero-order chi connectivity index (χ0) is 16.6. The zero-order valence-electron chi connectivity index (χ0n) is 11.6. The second kappa shape index (κ2) is 5.85. The number of cyclic esters (lactones) is 1. The summed E-state index contributed by atoms with van der Waals surface area (Å²) in [6.45, 7) is 0. The van der Waals surface area contributed by atoms with Crippen molar-refractivity contribution in [3.8, 4) is 0 Å². The van der Waals surface area contributed by atoms with E-state index >= 15 is 0 Å². The lowest BCUT2D eigenvalue weighted by atomic mass is 9.97. The average molecular weight is 333 g/mol. The summed E-state index contributed by atoms with van der Waals surface area (Å²) in [6.07, 6.45) is -1.08. The molecular weight excluding hydrogens is 323 g/mol. The van der Waals surface area contributed by atoms with Gasteiger partial charge in [0.1, 0.15) is 11.6 Å². The van der Waals surface area contributed by atoms with E-state index in [2.05, 4.69) is 0 Å². The highest BCUT2D eigenvalue weighted by Crippen LogP contribution is 2.37. The van der Waals surface area contributed by atoms with Gasteiger partial charge in [0.05, 0.1) is 5.57 Å². The van der Waals surface area contributed by atoms with Crippen molar-refractivity contribution in [3.63, 3.8) is 0 Å². The molecule has 1 N–H and O–H groups in total. The summed E-state index contributed by atoms with van der Waals surface area (Å²) < 4.78 is 18.1. The van der Waals surface area contributed by atoms with Crippen LogP contribution >= 0.6 is 11.6 Å². The highest BCUT2D eigenvalue weighted by atomic mass is 35.5.